The molecule has 0 atom stereocenters. The van der Waals surface area contributed by atoms with E-state index in [-0.39, 0.29) is 0 Å². The second kappa shape index (κ2) is 5.23. The molecule has 0 bridgehead atoms. The first-order valence-corrected chi connectivity index (χ1v) is 7.75. The zero-order valence-electron chi connectivity index (χ0n) is 11.1. The molecule has 1 aliphatic rings. The molecule has 1 saturated carbocycles. The van der Waals surface area contributed by atoms with Gasteiger partial charge in [0.15, 0.2) is 0 Å². The lowest BCUT2D eigenvalue weighted by Gasteiger charge is -2.01. The topological polar surface area (TPSA) is 42.7 Å². The van der Waals surface area contributed by atoms with Gasteiger partial charge < -0.3 is 5.32 Å². The van der Waals surface area contributed by atoms with Gasteiger partial charge in [0.2, 0.25) is 0 Å². The predicted octanol–water partition coefficient (Wildman–Crippen LogP) is 2.91. The molecule has 102 valence electrons. The van der Waals surface area contributed by atoms with Crippen LogP contribution in [0.25, 0.3) is 0 Å². The lowest BCUT2D eigenvalue weighted by molar-refractivity contribution is 0.641. The average molecular weight is 297 g/mol. The van der Waals surface area contributed by atoms with E-state index in [2.05, 4.69) is 20.8 Å². The molecule has 1 aliphatic carbocycles. The van der Waals surface area contributed by atoms with Crippen LogP contribution < -0.4 is 5.32 Å². The van der Waals surface area contributed by atoms with E-state index in [0.717, 1.165) is 39.7 Å². The van der Waals surface area contributed by atoms with Crippen molar-refractivity contribution in [1.29, 1.82) is 0 Å². The van der Waals surface area contributed by atoms with E-state index >= 15 is 0 Å². The minimum atomic E-state index is 0.694. The summed E-state index contributed by atoms with van der Waals surface area (Å²) in [5.41, 5.74) is 2.94. The van der Waals surface area contributed by atoms with Gasteiger partial charge in [0.1, 0.15) is 5.01 Å². The van der Waals surface area contributed by atoms with Gasteiger partial charge in [0, 0.05) is 18.0 Å². The summed E-state index contributed by atoms with van der Waals surface area (Å²) in [4.78, 5) is 4.64. The molecule has 2 aromatic rings. The molecule has 6 heteroatoms. The van der Waals surface area contributed by atoms with Crippen molar-refractivity contribution < 1.29 is 0 Å². The standard InChI is InChI=1S/C13H17ClN4S/c1-8-13(14)9(2)18(17-8)6-11-7-19-12(16-11)5-15-10-3-4-10/h7,10,15H,3-6H2,1-2H3. The quantitative estimate of drug-likeness (QED) is 0.922. The molecule has 1 fully saturated rings. The van der Waals surface area contributed by atoms with Gasteiger partial charge in [-0.2, -0.15) is 5.10 Å². The zero-order chi connectivity index (χ0) is 13.4. The van der Waals surface area contributed by atoms with Crippen molar-refractivity contribution in [3.05, 3.63) is 32.5 Å². The number of thiazole rings is 1. The maximum atomic E-state index is 6.15. The van der Waals surface area contributed by atoms with Gasteiger partial charge in [-0.15, -0.1) is 11.3 Å². The molecule has 0 amide bonds. The summed E-state index contributed by atoms with van der Waals surface area (Å²) in [5, 5.41) is 11.9. The van der Waals surface area contributed by atoms with E-state index in [1.807, 2.05) is 18.5 Å². The van der Waals surface area contributed by atoms with Gasteiger partial charge in [-0.3, -0.25) is 4.68 Å². The summed E-state index contributed by atoms with van der Waals surface area (Å²) < 4.78 is 1.92. The van der Waals surface area contributed by atoms with Crippen LogP contribution in [0.1, 0.15) is 34.9 Å². The number of rotatable bonds is 5. The van der Waals surface area contributed by atoms with E-state index in [1.165, 1.54) is 12.8 Å². The van der Waals surface area contributed by atoms with Crippen LogP contribution in [0.3, 0.4) is 0 Å². The highest BCUT2D eigenvalue weighted by Crippen LogP contribution is 2.22. The molecular formula is C13H17ClN4S. The largest absolute Gasteiger partial charge is 0.308 e. The number of hydrogen-bond acceptors (Lipinski definition) is 4. The summed E-state index contributed by atoms with van der Waals surface area (Å²) in [7, 11) is 0. The lowest BCUT2D eigenvalue weighted by Crippen LogP contribution is -2.15. The molecule has 0 aromatic carbocycles. The Balaban J connectivity index is 1.66. The molecule has 0 aliphatic heterocycles. The molecule has 0 radical (unpaired) electrons. The predicted molar refractivity (Wildman–Crippen MR) is 77.8 cm³/mol. The van der Waals surface area contributed by atoms with E-state index in [4.69, 9.17) is 11.6 Å². The first-order chi connectivity index (χ1) is 9.13. The number of nitrogens with one attached hydrogen (secondary N) is 1. The highest BCUT2D eigenvalue weighted by Gasteiger charge is 2.20. The number of aryl methyl sites for hydroxylation is 1. The molecule has 1 N–H and O–H groups in total. The fourth-order valence-corrected chi connectivity index (χ4v) is 2.88. The Hall–Kier alpha value is -0.910. The normalized spacial score (nSPS) is 15.1. The molecule has 0 unspecified atom stereocenters. The summed E-state index contributed by atoms with van der Waals surface area (Å²) >= 11 is 7.86. The van der Waals surface area contributed by atoms with E-state index in [0.29, 0.717) is 6.54 Å². The van der Waals surface area contributed by atoms with E-state index in [1.54, 1.807) is 11.3 Å². The van der Waals surface area contributed by atoms with E-state index in [9.17, 15) is 0 Å². The maximum Gasteiger partial charge on any atom is 0.107 e. The van der Waals surface area contributed by atoms with Gasteiger partial charge >= 0.3 is 0 Å². The Morgan fingerprint density at radius 3 is 2.89 bits per heavy atom. The molecule has 2 heterocycles. The van der Waals surface area contributed by atoms with Gasteiger partial charge in [-0.25, -0.2) is 4.98 Å². The zero-order valence-corrected chi connectivity index (χ0v) is 12.7. The Bertz CT molecular complexity index is 585. The van der Waals surface area contributed by atoms with Crippen LogP contribution in [0, 0.1) is 13.8 Å². The highest BCUT2D eigenvalue weighted by molar-refractivity contribution is 7.09. The van der Waals surface area contributed by atoms with Crippen molar-refractivity contribution in [2.45, 2.75) is 45.8 Å². The Labute approximate surface area is 121 Å². The average Bonchev–Trinajstić information content (AvgIpc) is 3.08. The molecule has 4 nitrogen and oxygen atoms in total. The minimum absolute atomic E-state index is 0.694. The SMILES string of the molecule is Cc1nn(Cc2csc(CNC3CC3)n2)c(C)c1Cl. The second-order valence-corrected chi connectivity index (χ2v) is 6.35. The van der Waals surface area contributed by atoms with Gasteiger partial charge in [-0.1, -0.05) is 11.6 Å². The molecule has 0 spiro atoms. The third kappa shape index (κ3) is 2.99. The number of nitrogens with zero attached hydrogens (tertiary/aromatic N) is 3. The fourth-order valence-electron chi connectivity index (χ4n) is 2.00. The first kappa shape index (κ1) is 13.1. The van der Waals surface area contributed by atoms with Crippen LogP contribution in [0.2, 0.25) is 5.02 Å². The maximum absolute atomic E-state index is 6.15. The van der Waals surface area contributed by atoms with Crippen LogP contribution in [0.5, 0.6) is 0 Å². The summed E-state index contributed by atoms with van der Waals surface area (Å²) in [6, 6.07) is 0.724. The minimum Gasteiger partial charge on any atom is -0.308 e. The number of halogens is 1. The smallest absolute Gasteiger partial charge is 0.107 e. The van der Waals surface area contributed by atoms with Crippen molar-refractivity contribution in [3.8, 4) is 0 Å². The van der Waals surface area contributed by atoms with Crippen LogP contribution in [0.15, 0.2) is 5.38 Å². The van der Waals surface area contributed by atoms with Crippen LogP contribution in [0.4, 0.5) is 0 Å². The summed E-state index contributed by atoms with van der Waals surface area (Å²) in [5.74, 6) is 0. The van der Waals surface area contributed by atoms with Crippen LogP contribution >= 0.6 is 22.9 Å². The Morgan fingerprint density at radius 1 is 1.47 bits per heavy atom. The monoisotopic (exact) mass is 296 g/mol. The molecule has 0 saturated heterocycles. The summed E-state index contributed by atoms with van der Waals surface area (Å²) in [6.07, 6.45) is 2.62. The van der Waals surface area contributed by atoms with Crippen molar-refractivity contribution in [2.24, 2.45) is 0 Å². The van der Waals surface area contributed by atoms with Crippen LogP contribution in [-0.2, 0) is 13.1 Å². The van der Waals surface area contributed by atoms with Crippen LogP contribution in [-0.4, -0.2) is 20.8 Å². The number of aromatic nitrogens is 3. The molecule has 3 rings (SSSR count). The highest BCUT2D eigenvalue weighted by atomic mass is 35.5. The molecule has 2 aromatic heterocycles. The van der Waals surface area contributed by atoms with Gasteiger partial charge in [0.25, 0.3) is 0 Å². The molecule has 19 heavy (non-hydrogen) atoms. The van der Waals surface area contributed by atoms with Crippen molar-refractivity contribution >= 4 is 22.9 Å². The Morgan fingerprint density at radius 2 is 2.26 bits per heavy atom. The van der Waals surface area contributed by atoms with Gasteiger partial charge in [-0.05, 0) is 26.7 Å². The number of hydrogen-bond donors (Lipinski definition) is 1. The fraction of sp³-hybridized carbons (Fsp3) is 0.538. The van der Waals surface area contributed by atoms with Crippen molar-refractivity contribution in [3.63, 3.8) is 0 Å². The second-order valence-electron chi connectivity index (χ2n) is 5.03. The van der Waals surface area contributed by atoms with Gasteiger partial charge in [0.05, 0.1) is 28.6 Å². The van der Waals surface area contributed by atoms with Crippen molar-refractivity contribution in [2.75, 3.05) is 0 Å². The molecular weight excluding hydrogens is 280 g/mol. The third-order valence-corrected chi connectivity index (χ3v) is 4.77. The first-order valence-electron chi connectivity index (χ1n) is 6.49. The summed E-state index contributed by atoms with van der Waals surface area (Å²) in [6.45, 7) is 5.49. The lowest BCUT2D eigenvalue weighted by atomic mass is 10.4. The van der Waals surface area contributed by atoms with Crippen molar-refractivity contribution in [1.82, 2.24) is 20.1 Å². The third-order valence-electron chi connectivity index (χ3n) is 3.32. The van der Waals surface area contributed by atoms with E-state index < -0.39 is 0 Å². The Kier molecular flexibility index (Phi) is 3.60.